The standard InChI is InChI=1S/C9H14BrNO2/c1-7-5-8(12)11(4-2-3-10)9(13)6-7/h7H,2-6H2,1H3. The van der Waals surface area contributed by atoms with Gasteiger partial charge in [-0.05, 0) is 12.3 Å². The van der Waals surface area contributed by atoms with E-state index >= 15 is 0 Å². The lowest BCUT2D eigenvalue weighted by atomic mass is 9.98. The van der Waals surface area contributed by atoms with Crippen LogP contribution in [-0.2, 0) is 9.59 Å². The number of carbonyl (C=O) groups excluding carboxylic acids is 2. The minimum atomic E-state index is -0.00954. The van der Waals surface area contributed by atoms with Crippen LogP contribution in [0.15, 0.2) is 0 Å². The smallest absolute Gasteiger partial charge is 0.229 e. The number of carbonyl (C=O) groups is 2. The highest BCUT2D eigenvalue weighted by Gasteiger charge is 2.29. The second-order valence-corrected chi connectivity index (χ2v) is 4.29. The van der Waals surface area contributed by atoms with Crippen molar-refractivity contribution in [2.75, 3.05) is 11.9 Å². The summed E-state index contributed by atoms with van der Waals surface area (Å²) >= 11 is 3.28. The Morgan fingerprint density at radius 2 is 1.92 bits per heavy atom. The van der Waals surface area contributed by atoms with Crippen LogP contribution in [0.3, 0.4) is 0 Å². The summed E-state index contributed by atoms with van der Waals surface area (Å²) in [4.78, 5) is 24.2. The molecule has 0 bridgehead atoms. The number of likely N-dealkylation sites (tertiary alicyclic amines) is 1. The molecule has 0 saturated carbocycles. The highest BCUT2D eigenvalue weighted by molar-refractivity contribution is 9.09. The van der Waals surface area contributed by atoms with Gasteiger partial charge < -0.3 is 0 Å². The topological polar surface area (TPSA) is 37.4 Å². The fraction of sp³-hybridized carbons (Fsp3) is 0.778. The Hall–Kier alpha value is -0.380. The molecule has 0 unspecified atom stereocenters. The first-order valence-electron chi connectivity index (χ1n) is 4.54. The Labute approximate surface area is 86.6 Å². The van der Waals surface area contributed by atoms with Crippen LogP contribution in [0.4, 0.5) is 0 Å². The number of nitrogens with zero attached hydrogens (tertiary/aromatic N) is 1. The van der Waals surface area contributed by atoms with E-state index in [0.717, 1.165) is 11.8 Å². The third-order valence-corrected chi connectivity index (χ3v) is 2.72. The molecule has 1 heterocycles. The predicted octanol–water partition coefficient (Wildman–Crippen LogP) is 1.56. The van der Waals surface area contributed by atoms with Gasteiger partial charge in [0, 0.05) is 24.7 Å². The van der Waals surface area contributed by atoms with Crippen molar-refractivity contribution in [2.45, 2.75) is 26.2 Å². The minimum Gasteiger partial charge on any atom is -0.283 e. The Bertz CT molecular complexity index is 200. The molecule has 0 aromatic carbocycles. The first kappa shape index (κ1) is 10.7. The van der Waals surface area contributed by atoms with Gasteiger partial charge in [0.1, 0.15) is 0 Å². The molecule has 0 aromatic rings. The van der Waals surface area contributed by atoms with E-state index in [9.17, 15) is 9.59 Å². The van der Waals surface area contributed by atoms with Crippen LogP contribution in [0.25, 0.3) is 0 Å². The normalized spacial score (nSPS) is 19.7. The van der Waals surface area contributed by atoms with E-state index in [1.54, 1.807) is 0 Å². The van der Waals surface area contributed by atoms with E-state index in [0.29, 0.717) is 19.4 Å². The second kappa shape index (κ2) is 4.74. The zero-order valence-corrected chi connectivity index (χ0v) is 9.34. The number of imide groups is 1. The lowest BCUT2D eigenvalue weighted by molar-refractivity contribution is -0.149. The molecule has 2 amide bonds. The Kier molecular flexibility index (Phi) is 3.90. The molecule has 13 heavy (non-hydrogen) atoms. The lowest BCUT2D eigenvalue weighted by Gasteiger charge is -2.27. The van der Waals surface area contributed by atoms with Crippen molar-refractivity contribution >= 4 is 27.7 Å². The largest absolute Gasteiger partial charge is 0.283 e. The molecule has 1 aliphatic heterocycles. The Balaban J connectivity index is 2.52. The van der Waals surface area contributed by atoms with E-state index in [1.807, 2.05) is 6.92 Å². The van der Waals surface area contributed by atoms with Gasteiger partial charge in [0.25, 0.3) is 0 Å². The van der Waals surface area contributed by atoms with Gasteiger partial charge in [-0.3, -0.25) is 14.5 Å². The van der Waals surface area contributed by atoms with Crippen LogP contribution in [0.1, 0.15) is 26.2 Å². The fourth-order valence-corrected chi connectivity index (χ4v) is 1.75. The molecule has 1 saturated heterocycles. The van der Waals surface area contributed by atoms with Crippen LogP contribution in [-0.4, -0.2) is 28.6 Å². The lowest BCUT2D eigenvalue weighted by Crippen LogP contribution is -2.43. The van der Waals surface area contributed by atoms with Gasteiger partial charge in [0.2, 0.25) is 11.8 Å². The molecule has 1 aliphatic rings. The third-order valence-electron chi connectivity index (χ3n) is 2.16. The van der Waals surface area contributed by atoms with E-state index in [-0.39, 0.29) is 17.7 Å². The highest BCUT2D eigenvalue weighted by atomic mass is 79.9. The molecular weight excluding hydrogens is 234 g/mol. The van der Waals surface area contributed by atoms with E-state index in [1.165, 1.54) is 4.90 Å². The quantitative estimate of drug-likeness (QED) is 0.561. The highest BCUT2D eigenvalue weighted by Crippen LogP contribution is 2.18. The average molecular weight is 248 g/mol. The monoisotopic (exact) mass is 247 g/mol. The molecule has 0 aliphatic carbocycles. The number of amides is 2. The number of piperidine rings is 1. The van der Waals surface area contributed by atoms with E-state index in [2.05, 4.69) is 15.9 Å². The van der Waals surface area contributed by atoms with Gasteiger partial charge in [-0.2, -0.15) is 0 Å². The summed E-state index contributed by atoms with van der Waals surface area (Å²) in [5.41, 5.74) is 0. The maximum Gasteiger partial charge on any atom is 0.229 e. The molecule has 0 radical (unpaired) electrons. The van der Waals surface area contributed by atoms with Gasteiger partial charge in [-0.15, -0.1) is 0 Å². The molecule has 0 atom stereocenters. The van der Waals surface area contributed by atoms with Crippen LogP contribution < -0.4 is 0 Å². The molecular formula is C9H14BrNO2. The molecule has 4 heteroatoms. The van der Waals surface area contributed by atoms with Crippen LogP contribution in [0.2, 0.25) is 0 Å². The third kappa shape index (κ3) is 2.79. The molecule has 1 fully saturated rings. The van der Waals surface area contributed by atoms with Gasteiger partial charge in [0.15, 0.2) is 0 Å². The predicted molar refractivity (Wildman–Crippen MR) is 53.5 cm³/mol. The molecule has 0 N–H and O–H groups in total. The van der Waals surface area contributed by atoms with E-state index < -0.39 is 0 Å². The van der Waals surface area contributed by atoms with Crippen molar-refractivity contribution in [2.24, 2.45) is 5.92 Å². The van der Waals surface area contributed by atoms with E-state index in [4.69, 9.17) is 0 Å². The summed E-state index contributed by atoms with van der Waals surface area (Å²) in [6.45, 7) is 2.51. The summed E-state index contributed by atoms with van der Waals surface area (Å²) < 4.78 is 0. The van der Waals surface area contributed by atoms with Crippen LogP contribution >= 0.6 is 15.9 Å². The van der Waals surface area contributed by atoms with Crippen molar-refractivity contribution in [3.63, 3.8) is 0 Å². The van der Waals surface area contributed by atoms with Gasteiger partial charge in [-0.1, -0.05) is 22.9 Å². The first-order valence-corrected chi connectivity index (χ1v) is 5.66. The van der Waals surface area contributed by atoms with Crippen molar-refractivity contribution in [3.05, 3.63) is 0 Å². The number of alkyl halides is 1. The maximum atomic E-state index is 11.4. The zero-order valence-electron chi connectivity index (χ0n) is 7.75. The summed E-state index contributed by atoms with van der Waals surface area (Å²) in [5, 5.41) is 0.833. The van der Waals surface area contributed by atoms with Crippen molar-refractivity contribution < 1.29 is 9.59 Å². The van der Waals surface area contributed by atoms with Gasteiger partial charge >= 0.3 is 0 Å². The molecule has 1 rings (SSSR count). The SMILES string of the molecule is CC1CC(=O)N(CCCBr)C(=O)C1. The molecule has 3 nitrogen and oxygen atoms in total. The number of hydrogen-bond donors (Lipinski definition) is 0. The summed E-state index contributed by atoms with van der Waals surface area (Å²) in [7, 11) is 0. The molecule has 74 valence electrons. The molecule has 0 aromatic heterocycles. The fourth-order valence-electron chi connectivity index (χ4n) is 1.50. The zero-order chi connectivity index (χ0) is 9.84. The minimum absolute atomic E-state index is 0.00954. The van der Waals surface area contributed by atoms with Crippen LogP contribution in [0.5, 0.6) is 0 Å². The number of halogens is 1. The summed E-state index contributed by atoms with van der Waals surface area (Å²) in [5.74, 6) is 0.203. The number of hydrogen-bond acceptors (Lipinski definition) is 2. The van der Waals surface area contributed by atoms with Crippen LogP contribution in [0, 0.1) is 5.92 Å². The second-order valence-electron chi connectivity index (χ2n) is 3.50. The summed E-state index contributed by atoms with van der Waals surface area (Å²) in [6, 6.07) is 0. The maximum absolute atomic E-state index is 11.4. The van der Waals surface area contributed by atoms with Gasteiger partial charge in [-0.25, -0.2) is 0 Å². The van der Waals surface area contributed by atoms with Crippen molar-refractivity contribution in [1.82, 2.24) is 4.90 Å². The number of rotatable bonds is 3. The van der Waals surface area contributed by atoms with Crippen molar-refractivity contribution in [1.29, 1.82) is 0 Å². The Morgan fingerprint density at radius 3 is 2.38 bits per heavy atom. The van der Waals surface area contributed by atoms with Crippen molar-refractivity contribution in [3.8, 4) is 0 Å². The van der Waals surface area contributed by atoms with Gasteiger partial charge in [0.05, 0.1) is 0 Å². The average Bonchev–Trinajstić information content (AvgIpc) is 2.02. The Morgan fingerprint density at radius 1 is 1.38 bits per heavy atom. The summed E-state index contributed by atoms with van der Waals surface area (Å²) in [6.07, 6.45) is 1.88. The molecule has 0 spiro atoms. The first-order chi connectivity index (χ1) is 6.15.